The van der Waals surface area contributed by atoms with Gasteiger partial charge in [-0.1, -0.05) is 23.7 Å². The summed E-state index contributed by atoms with van der Waals surface area (Å²) in [6, 6.07) is 13.5. The van der Waals surface area contributed by atoms with Gasteiger partial charge >= 0.3 is 0 Å². The molecular formula is C22H20ClN3O4S2. The first-order valence-electron chi connectivity index (χ1n) is 9.65. The largest absolute Gasteiger partial charge is 0.492 e. The van der Waals surface area contributed by atoms with E-state index in [2.05, 4.69) is 4.98 Å². The molecule has 7 nitrogen and oxygen atoms in total. The molecule has 0 spiro atoms. The highest BCUT2D eigenvalue weighted by molar-refractivity contribution is 7.89. The number of nitrogens with zero attached hydrogens (tertiary/aromatic N) is 3. The maximum Gasteiger partial charge on any atom is 0.262 e. The standard InChI is InChI=1S/C22H20ClN3O4S2/c1-25(2)32(28,29)18-9-7-17(8-10-18)30-12-11-26-14-24-21-20(22(26)27)19(13-31-21)15-3-5-16(23)6-4-15/h3-10,13-14H,11-12H2,1-2H3. The Kier molecular flexibility index (Phi) is 6.34. The lowest BCUT2D eigenvalue weighted by molar-refractivity contribution is 0.296. The molecular weight excluding hydrogens is 470 g/mol. The van der Waals surface area contributed by atoms with E-state index < -0.39 is 10.0 Å². The fourth-order valence-electron chi connectivity index (χ4n) is 3.15. The van der Waals surface area contributed by atoms with Crippen LogP contribution in [0.5, 0.6) is 5.75 Å². The van der Waals surface area contributed by atoms with Gasteiger partial charge in [0.15, 0.2) is 0 Å². The van der Waals surface area contributed by atoms with E-state index in [-0.39, 0.29) is 17.1 Å². The summed E-state index contributed by atoms with van der Waals surface area (Å²) in [4.78, 5) is 18.4. The number of sulfonamides is 1. The summed E-state index contributed by atoms with van der Waals surface area (Å²) in [6.45, 7) is 0.530. The third kappa shape index (κ3) is 4.42. The van der Waals surface area contributed by atoms with Gasteiger partial charge in [-0.25, -0.2) is 17.7 Å². The third-order valence-corrected chi connectivity index (χ3v) is 7.89. The van der Waals surface area contributed by atoms with Gasteiger partial charge in [0.25, 0.3) is 5.56 Å². The van der Waals surface area contributed by atoms with E-state index >= 15 is 0 Å². The molecule has 0 aliphatic carbocycles. The summed E-state index contributed by atoms with van der Waals surface area (Å²) >= 11 is 7.40. The molecule has 0 radical (unpaired) electrons. The number of fused-ring (bicyclic) bond motifs is 1. The molecule has 2 aromatic heterocycles. The molecule has 0 bridgehead atoms. The van der Waals surface area contributed by atoms with Crippen LogP contribution in [-0.4, -0.2) is 43.0 Å². The van der Waals surface area contributed by atoms with Crippen molar-refractivity contribution in [2.75, 3.05) is 20.7 Å². The van der Waals surface area contributed by atoms with E-state index in [1.165, 1.54) is 48.5 Å². The Morgan fingerprint density at radius 2 is 1.78 bits per heavy atom. The van der Waals surface area contributed by atoms with Gasteiger partial charge in [0.05, 0.1) is 23.2 Å². The number of hydrogen-bond donors (Lipinski definition) is 0. The van der Waals surface area contributed by atoms with Crippen molar-refractivity contribution in [2.45, 2.75) is 11.4 Å². The zero-order chi connectivity index (χ0) is 22.9. The number of halogens is 1. The van der Waals surface area contributed by atoms with Gasteiger partial charge in [-0.05, 0) is 42.0 Å². The average molecular weight is 490 g/mol. The van der Waals surface area contributed by atoms with Crippen molar-refractivity contribution in [2.24, 2.45) is 0 Å². The molecule has 0 aliphatic rings. The monoisotopic (exact) mass is 489 g/mol. The van der Waals surface area contributed by atoms with E-state index in [4.69, 9.17) is 16.3 Å². The van der Waals surface area contributed by atoms with Crippen molar-refractivity contribution >= 4 is 43.2 Å². The Bertz CT molecular complexity index is 1410. The summed E-state index contributed by atoms with van der Waals surface area (Å²) in [5.41, 5.74) is 1.59. The third-order valence-electron chi connectivity index (χ3n) is 4.92. The molecule has 0 fully saturated rings. The number of ether oxygens (including phenoxy) is 1. The SMILES string of the molecule is CN(C)S(=O)(=O)c1ccc(OCCn2cnc3scc(-c4ccc(Cl)cc4)c3c2=O)cc1. The van der Waals surface area contributed by atoms with Gasteiger partial charge in [-0.2, -0.15) is 0 Å². The van der Waals surface area contributed by atoms with Crippen molar-refractivity contribution in [1.29, 1.82) is 0 Å². The lowest BCUT2D eigenvalue weighted by atomic mass is 10.1. The predicted octanol–water partition coefficient (Wildman–Crippen LogP) is 4.11. The maximum absolute atomic E-state index is 13.1. The van der Waals surface area contributed by atoms with Crippen LogP contribution in [0.1, 0.15) is 0 Å². The first-order valence-corrected chi connectivity index (χ1v) is 12.3. The van der Waals surface area contributed by atoms with Crippen molar-refractivity contribution in [1.82, 2.24) is 13.9 Å². The molecule has 2 aromatic carbocycles. The van der Waals surface area contributed by atoms with Crippen LogP contribution < -0.4 is 10.3 Å². The highest BCUT2D eigenvalue weighted by atomic mass is 35.5. The normalized spacial score (nSPS) is 11.9. The molecule has 4 rings (SSSR count). The molecule has 166 valence electrons. The molecule has 0 saturated heterocycles. The van der Waals surface area contributed by atoms with Gasteiger partial charge in [0.1, 0.15) is 17.2 Å². The Labute approximate surface area is 194 Å². The van der Waals surface area contributed by atoms with Crippen molar-refractivity contribution in [3.63, 3.8) is 0 Å². The molecule has 32 heavy (non-hydrogen) atoms. The second-order valence-corrected chi connectivity index (χ2v) is 10.6. The lowest BCUT2D eigenvalue weighted by Gasteiger charge is -2.12. The second kappa shape index (κ2) is 9.03. The summed E-state index contributed by atoms with van der Waals surface area (Å²) in [5.74, 6) is 0.516. The highest BCUT2D eigenvalue weighted by Crippen LogP contribution is 2.31. The van der Waals surface area contributed by atoms with Crippen LogP contribution in [0.3, 0.4) is 0 Å². The first kappa shape index (κ1) is 22.5. The van der Waals surface area contributed by atoms with Crippen LogP contribution >= 0.6 is 22.9 Å². The first-order chi connectivity index (χ1) is 15.3. The van der Waals surface area contributed by atoms with Crippen molar-refractivity contribution in [3.05, 3.63) is 75.6 Å². The summed E-state index contributed by atoms with van der Waals surface area (Å²) in [5, 5.41) is 3.12. The van der Waals surface area contributed by atoms with Crippen LogP contribution in [-0.2, 0) is 16.6 Å². The Hall–Kier alpha value is -2.72. The number of rotatable bonds is 7. The van der Waals surface area contributed by atoms with Gasteiger partial charge in [0, 0.05) is 30.1 Å². The van der Waals surface area contributed by atoms with Crippen LogP contribution in [0.15, 0.2) is 69.9 Å². The molecule has 0 saturated carbocycles. The molecule has 0 unspecified atom stereocenters. The smallest absolute Gasteiger partial charge is 0.262 e. The molecule has 0 aliphatic heterocycles. The summed E-state index contributed by atoms with van der Waals surface area (Å²) < 4.78 is 32.7. The minimum atomic E-state index is -3.49. The summed E-state index contributed by atoms with van der Waals surface area (Å²) in [6.07, 6.45) is 1.52. The maximum atomic E-state index is 13.1. The van der Waals surface area contributed by atoms with E-state index in [1.807, 2.05) is 17.5 Å². The Morgan fingerprint density at radius 1 is 1.09 bits per heavy atom. The molecule has 2 heterocycles. The van der Waals surface area contributed by atoms with Crippen LogP contribution in [0.2, 0.25) is 5.02 Å². The Morgan fingerprint density at radius 3 is 2.44 bits per heavy atom. The lowest BCUT2D eigenvalue weighted by Crippen LogP contribution is -2.23. The topological polar surface area (TPSA) is 81.5 Å². The van der Waals surface area contributed by atoms with E-state index in [0.29, 0.717) is 27.5 Å². The fourth-order valence-corrected chi connectivity index (χ4v) is 5.08. The number of hydrogen-bond acceptors (Lipinski definition) is 6. The van der Waals surface area contributed by atoms with Gasteiger partial charge in [-0.3, -0.25) is 9.36 Å². The van der Waals surface area contributed by atoms with Crippen LogP contribution in [0.4, 0.5) is 0 Å². The quantitative estimate of drug-likeness (QED) is 0.390. The minimum absolute atomic E-state index is 0.141. The zero-order valence-electron chi connectivity index (χ0n) is 17.4. The van der Waals surface area contributed by atoms with Crippen molar-refractivity contribution < 1.29 is 13.2 Å². The average Bonchev–Trinajstić information content (AvgIpc) is 3.21. The van der Waals surface area contributed by atoms with Gasteiger partial charge in [0.2, 0.25) is 10.0 Å². The van der Waals surface area contributed by atoms with Gasteiger partial charge < -0.3 is 4.74 Å². The van der Waals surface area contributed by atoms with E-state index in [1.54, 1.807) is 24.3 Å². The van der Waals surface area contributed by atoms with Crippen molar-refractivity contribution in [3.8, 4) is 16.9 Å². The number of benzene rings is 2. The summed E-state index contributed by atoms with van der Waals surface area (Å²) in [7, 11) is -0.529. The zero-order valence-corrected chi connectivity index (χ0v) is 19.7. The molecule has 0 N–H and O–H groups in total. The molecule has 10 heteroatoms. The second-order valence-electron chi connectivity index (χ2n) is 7.19. The van der Waals surface area contributed by atoms with E-state index in [0.717, 1.165) is 15.4 Å². The Balaban J connectivity index is 1.51. The van der Waals surface area contributed by atoms with E-state index in [9.17, 15) is 13.2 Å². The highest BCUT2D eigenvalue weighted by Gasteiger charge is 2.17. The van der Waals surface area contributed by atoms with Gasteiger partial charge in [-0.15, -0.1) is 11.3 Å². The molecule has 4 aromatic rings. The number of aromatic nitrogens is 2. The van der Waals surface area contributed by atoms with Crippen LogP contribution in [0.25, 0.3) is 21.3 Å². The predicted molar refractivity (Wildman–Crippen MR) is 127 cm³/mol. The van der Waals surface area contributed by atoms with Crippen LogP contribution in [0, 0.1) is 0 Å². The molecule has 0 amide bonds. The molecule has 0 atom stereocenters. The fraction of sp³-hybridized carbons (Fsp3) is 0.182. The number of thiophene rings is 1. The minimum Gasteiger partial charge on any atom is -0.492 e.